The molecular weight excluding hydrogens is 270 g/mol. The molecular formula is C11H18BrN3O. The van der Waals surface area contributed by atoms with Gasteiger partial charge in [-0.2, -0.15) is 5.10 Å². The van der Waals surface area contributed by atoms with Crippen molar-refractivity contribution >= 4 is 21.8 Å². The first-order chi connectivity index (χ1) is 7.21. The molecule has 0 spiro atoms. The maximum atomic E-state index is 11.9. The van der Waals surface area contributed by atoms with E-state index in [-0.39, 0.29) is 17.4 Å². The quantitative estimate of drug-likeness (QED) is 0.908. The van der Waals surface area contributed by atoms with Crippen LogP contribution in [0.3, 0.4) is 0 Å². The first kappa shape index (κ1) is 13.2. The minimum atomic E-state index is -0.144. The van der Waals surface area contributed by atoms with Crippen LogP contribution >= 0.6 is 15.9 Å². The van der Waals surface area contributed by atoms with Crippen molar-refractivity contribution < 1.29 is 4.79 Å². The molecule has 0 fully saturated rings. The first-order valence-corrected chi connectivity index (χ1v) is 6.01. The van der Waals surface area contributed by atoms with Crippen LogP contribution in [0.2, 0.25) is 0 Å². The van der Waals surface area contributed by atoms with Crippen molar-refractivity contribution in [3.05, 3.63) is 16.4 Å². The summed E-state index contributed by atoms with van der Waals surface area (Å²) in [6.07, 6.45) is 1.76. The van der Waals surface area contributed by atoms with Crippen LogP contribution in [0, 0.1) is 5.41 Å². The van der Waals surface area contributed by atoms with E-state index >= 15 is 0 Å². The van der Waals surface area contributed by atoms with Gasteiger partial charge in [-0.15, -0.1) is 0 Å². The third-order valence-electron chi connectivity index (χ3n) is 2.65. The molecule has 1 heterocycles. The van der Waals surface area contributed by atoms with E-state index in [2.05, 4.69) is 47.1 Å². The van der Waals surface area contributed by atoms with Gasteiger partial charge in [-0.25, -0.2) is 0 Å². The predicted octanol–water partition coefficient (Wildman–Crippen LogP) is 2.35. The van der Waals surface area contributed by atoms with Gasteiger partial charge in [-0.05, 0) is 28.3 Å². The highest BCUT2D eigenvalue weighted by atomic mass is 79.9. The molecule has 4 nitrogen and oxygen atoms in total. The van der Waals surface area contributed by atoms with Crippen molar-refractivity contribution in [3.8, 4) is 0 Å². The minimum absolute atomic E-state index is 0.0386. The lowest BCUT2D eigenvalue weighted by atomic mass is 9.88. The summed E-state index contributed by atoms with van der Waals surface area (Å²) in [5.74, 6) is -0.144. The van der Waals surface area contributed by atoms with Gasteiger partial charge in [0.2, 0.25) is 0 Å². The number of rotatable bonds is 2. The van der Waals surface area contributed by atoms with Gasteiger partial charge in [0.05, 0.1) is 4.47 Å². The SMILES string of the molecule is CC(NC(=O)c1nn(C)cc1Br)C(C)(C)C. The predicted molar refractivity (Wildman–Crippen MR) is 67.3 cm³/mol. The summed E-state index contributed by atoms with van der Waals surface area (Å²) in [6, 6.07) is 0.0916. The second-order valence-electron chi connectivity index (χ2n) is 5.06. The van der Waals surface area contributed by atoms with Gasteiger partial charge in [0.15, 0.2) is 5.69 Å². The number of carbonyl (C=O) groups is 1. The lowest BCUT2D eigenvalue weighted by molar-refractivity contribution is 0.0903. The van der Waals surface area contributed by atoms with Gasteiger partial charge in [-0.1, -0.05) is 20.8 Å². The number of halogens is 1. The summed E-state index contributed by atoms with van der Waals surface area (Å²) in [6.45, 7) is 8.26. The Hall–Kier alpha value is -0.840. The molecule has 90 valence electrons. The second kappa shape index (κ2) is 4.57. The Labute approximate surface area is 105 Å². The fraction of sp³-hybridized carbons (Fsp3) is 0.636. The molecule has 0 aliphatic carbocycles. The molecule has 16 heavy (non-hydrogen) atoms. The molecule has 1 aromatic heterocycles. The van der Waals surface area contributed by atoms with E-state index in [1.165, 1.54) is 0 Å². The highest BCUT2D eigenvalue weighted by molar-refractivity contribution is 9.10. The fourth-order valence-electron chi connectivity index (χ4n) is 1.09. The third kappa shape index (κ3) is 3.07. The zero-order valence-corrected chi connectivity index (χ0v) is 11.9. The third-order valence-corrected chi connectivity index (χ3v) is 3.23. The molecule has 0 bridgehead atoms. The zero-order valence-electron chi connectivity index (χ0n) is 10.3. The van der Waals surface area contributed by atoms with Crippen LogP contribution in [0.1, 0.15) is 38.2 Å². The Morgan fingerprint density at radius 3 is 2.50 bits per heavy atom. The van der Waals surface area contributed by atoms with Crippen molar-refractivity contribution in [1.82, 2.24) is 15.1 Å². The maximum Gasteiger partial charge on any atom is 0.273 e. The number of aromatic nitrogens is 2. The van der Waals surface area contributed by atoms with Crippen LogP contribution in [0.4, 0.5) is 0 Å². The molecule has 0 saturated carbocycles. The summed E-state index contributed by atoms with van der Waals surface area (Å²) in [5, 5.41) is 7.05. The Morgan fingerprint density at radius 2 is 2.12 bits per heavy atom. The molecule has 0 aliphatic heterocycles. The molecule has 0 radical (unpaired) electrons. The Kier molecular flexibility index (Phi) is 3.78. The summed E-state index contributed by atoms with van der Waals surface area (Å²) >= 11 is 3.31. The van der Waals surface area contributed by atoms with Crippen LogP contribution < -0.4 is 5.32 Å². The molecule has 1 atom stereocenters. The van der Waals surface area contributed by atoms with E-state index in [0.717, 1.165) is 0 Å². The molecule has 1 rings (SSSR count). The average Bonchev–Trinajstić information content (AvgIpc) is 2.43. The number of nitrogens with one attached hydrogen (secondary N) is 1. The van der Waals surface area contributed by atoms with Crippen LogP contribution in [0.5, 0.6) is 0 Å². The van der Waals surface area contributed by atoms with E-state index in [4.69, 9.17) is 0 Å². The van der Waals surface area contributed by atoms with E-state index in [9.17, 15) is 4.79 Å². The number of hydrogen-bond donors (Lipinski definition) is 1. The Bertz CT molecular complexity index is 392. The summed E-state index contributed by atoms with van der Waals surface area (Å²) in [7, 11) is 1.79. The van der Waals surface area contributed by atoms with E-state index in [1.54, 1.807) is 17.9 Å². The molecule has 1 aromatic rings. The lowest BCUT2D eigenvalue weighted by Crippen LogP contribution is -2.41. The van der Waals surface area contributed by atoms with Crippen molar-refractivity contribution in [2.45, 2.75) is 33.7 Å². The van der Waals surface area contributed by atoms with Crippen LogP contribution in [0.15, 0.2) is 10.7 Å². The number of hydrogen-bond acceptors (Lipinski definition) is 2. The Morgan fingerprint density at radius 1 is 1.56 bits per heavy atom. The highest BCUT2D eigenvalue weighted by Gasteiger charge is 2.24. The highest BCUT2D eigenvalue weighted by Crippen LogP contribution is 2.20. The zero-order chi connectivity index (χ0) is 12.5. The summed E-state index contributed by atoms with van der Waals surface area (Å²) in [4.78, 5) is 11.9. The van der Waals surface area contributed by atoms with Gasteiger partial charge in [0.25, 0.3) is 5.91 Å². The van der Waals surface area contributed by atoms with Crippen molar-refractivity contribution in [2.24, 2.45) is 12.5 Å². The number of carbonyl (C=O) groups excluding carboxylic acids is 1. The molecule has 0 aliphatic rings. The van der Waals surface area contributed by atoms with Crippen LogP contribution in [-0.4, -0.2) is 21.7 Å². The lowest BCUT2D eigenvalue weighted by Gasteiger charge is -2.27. The van der Waals surface area contributed by atoms with Crippen LogP contribution in [0.25, 0.3) is 0 Å². The fourth-order valence-corrected chi connectivity index (χ4v) is 1.65. The van der Waals surface area contributed by atoms with Gasteiger partial charge in [0, 0.05) is 19.3 Å². The minimum Gasteiger partial charge on any atom is -0.348 e. The number of amides is 1. The van der Waals surface area contributed by atoms with E-state index < -0.39 is 0 Å². The largest absolute Gasteiger partial charge is 0.348 e. The van der Waals surface area contributed by atoms with Gasteiger partial charge in [0.1, 0.15) is 0 Å². The first-order valence-electron chi connectivity index (χ1n) is 5.22. The second-order valence-corrected chi connectivity index (χ2v) is 5.91. The number of nitrogens with zero attached hydrogens (tertiary/aromatic N) is 2. The van der Waals surface area contributed by atoms with Gasteiger partial charge >= 0.3 is 0 Å². The molecule has 0 aromatic carbocycles. The monoisotopic (exact) mass is 287 g/mol. The smallest absolute Gasteiger partial charge is 0.273 e. The van der Waals surface area contributed by atoms with Crippen molar-refractivity contribution in [2.75, 3.05) is 0 Å². The molecule has 0 saturated heterocycles. The topological polar surface area (TPSA) is 46.9 Å². The molecule has 1 amide bonds. The van der Waals surface area contributed by atoms with Crippen LogP contribution in [-0.2, 0) is 7.05 Å². The maximum absolute atomic E-state index is 11.9. The molecule has 5 heteroatoms. The standard InChI is InChI=1S/C11H18BrN3O/c1-7(11(2,3)4)13-10(16)9-8(12)6-15(5)14-9/h6-7H,1-5H3,(H,13,16). The Balaban J connectivity index is 2.77. The average molecular weight is 288 g/mol. The van der Waals surface area contributed by atoms with Gasteiger partial charge in [-0.3, -0.25) is 9.48 Å². The van der Waals surface area contributed by atoms with E-state index in [0.29, 0.717) is 10.2 Å². The van der Waals surface area contributed by atoms with Gasteiger partial charge < -0.3 is 5.32 Å². The summed E-state index contributed by atoms with van der Waals surface area (Å²) in [5.41, 5.74) is 0.468. The number of aryl methyl sites for hydroxylation is 1. The van der Waals surface area contributed by atoms with Crippen molar-refractivity contribution in [1.29, 1.82) is 0 Å². The normalized spacial score (nSPS) is 13.6. The van der Waals surface area contributed by atoms with E-state index in [1.807, 2.05) is 6.92 Å². The molecule has 1 N–H and O–H groups in total. The summed E-state index contributed by atoms with van der Waals surface area (Å²) < 4.78 is 2.33. The van der Waals surface area contributed by atoms with Crippen molar-refractivity contribution in [3.63, 3.8) is 0 Å². The molecule has 1 unspecified atom stereocenters.